The van der Waals surface area contributed by atoms with E-state index in [1.54, 1.807) is 11.3 Å². The lowest BCUT2D eigenvalue weighted by atomic mass is 9.83. The fraction of sp³-hybridized carbons (Fsp3) is 0.611. The third-order valence-corrected chi connectivity index (χ3v) is 6.15. The molecule has 0 amide bonds. The van der Waals surface area contributed by atoms with Crippen molar-refractivity contribution in [2.24, 2.45) is 0 Å². The van der Waals surface area contributed by atoms with E-state index in [2.05, 4.69) is 11.0 Å². The van der Waals surface area contributed by atoms with Crippen molar-refractivity contribution in [1.29, 1.82) is 0 Å². The molecular formula is C18H24N2O3S. The Hall–Kier alpha value is -1.37. The van der Waals surface area contributed by atoms with Crippen LogP contribution in [0, 0.1) is 0 Å². The molecule has 1 spiro atoms. The number of hydrogen-bond donors (Lipinski definition) is 1. The lowest BCUT2D eigenvalue weighted by Gasteiger charge is -2.45. The summed E-state index contributed by atoms with van der Waals surface area (Å²) in [5.74, 6) is 0.905. The van der Waals surface area contributed by atoms with E-state index < -0.39 is 0 Å². The average molecular weight is 348 g/mol. The first-order chi connectivity index (χ1) is 11.7. The lowest BCUT2D eigenvalue weighted by Crippen LogP contribution is -2.50. The van der Waals surface area contributed by atoms with Gasteiger partial charge in [-0.2, -0.15) is 0 Å². The molecule has 1 N–H and O–H groups in total. The number of aromatic nitrogens is 1. The molecule has 2 fully saturated rings. The number of fused-ring (bicyclic) bond motifs is 1. The smallest absolute Gasteiger partial charge is 0.186 e. The van der Waals surface area contributed by atoms with Gasteiger partial charge in [0, 0.05) is 26.1 Å². The number of anilines is 1. The van der Waals surface area contributed by atoms with Crippen molar-refractivity contribution in [3.63, 3.8) is 0 Å². The molecule has 0 saturated carbocycles. The fourth-order valence-electron chi connectivity index (χ4n) is 3.74. The van der Waals surface area contributed by atoms with Gasteiger partial charge in [0.2, 0.25) is 0 Å². The van der Waals surface area contributed by atoms with Gasteiger partial charge in [0.1, 0.15) is 5.75 Å². The second kappa shape index (κ2) is 6.50. The zero-order valence-corrected chi connectivity index (χ0v) is 14.8. The van der Waals surface area contributed by atoms with E-state index in [0.717, 1.165) is 55.2 Å². The molecule has 4 rings (SSSR count). The summed E-state index contributed by atoms with van der Waals surface area (Å²) >= 11 is 1.72. The summed E-state index contributed by atoms with van der Waals surface area (Å²) in [4.78, 5) is 7.13. The largest absolute Gasteiger partial charge is 0.494 e. The summed E-state index contributed by atoms with van der Waals surface area (Å²) in [6.07, 6.45) is 3.27. The Bertz CT molecular complexity index is 709. The number of aliphatic hydroxyl groups is 1. The van der Waals surface area contributed by atoms with Gasteiger partial charge in [-0.1, -0.05) is 11.3 Å². The Kier molecular flexibility index (Phi) is 4.37. The second-order valence-electron chi connectivity index (χ2n) is 6.72. The molecule has 3 heterocycles. The highest BCUT2D eigenvalue weighted by atomic mass is 32.1. The van der Waals surface area contributed by atoms with Crippen molar-refractivity contribution in [2.45, 2.75) is 44.3 Å². The van der Waals surface area contributed by atoms with Crippen LogP contribution in [-0.2, 0) is 4.74 Å². The molecule has 2 aromatic rings. The normalized spacial score (nSPS) is 23.8. The van der Waals surface area contributed by atoms with E-state index in [4.69, 9.17) is 14.5 Å². The first-order valence-electron chi connectivity index (χ1n) is 8.78. The number of piperidine rings is 1. The standard InChI is InChI=1S/C18H24N2O3S/c1-2-22-14-3-4-15-16(11-14)24-17(19-15)20-8-6-18(7-9-20)12-13(21)5-10-23-18/h3-4,11,13,21H,2,5-10,12H2,1H3. The third-order valence-electron chi connectivity index (χ3n) is 5.07. The van der Waals surface area contributed by atoms with Crippen molar-refractivity contribution < 1.29 is 14.6 Å². The minimum Gasteiger partial charge on any atom is -0.494 e. The number of nitrogens with zero attached hydrogens (tertiary/aromatic N) is 2. The van der Waals surface area contributed by atoms with Gasteiger partial charge >= 0.3 is 0 Å². The monoisotopic (exact) mass is 348 g/mol. The molecule has 0 aliphatic carbocycles. The summed E-state index contributed by atoms with van der Waals surface area (Å²) in [5.41, 5.74) is 0.913. The van der Waals surface area contributed by atoms with Crippen molar-refractivity contribution in [1.82, 2.24) is 4.98 Å². The highest BCUT2D eigenvalue weighted by Gasteiger charge is 2.40. The van der Waals surface area contributed by atoms with Gasteiger partial charge in [-0.25, -0.2) is 4.98 Å². The average Bonchev–Trinajstić information content (AvgIpc) is 2.99. The Morgan fingerprint density at radius 3 is 3.00 bits per heavy atom. The number of aliphatic hydroxyl groups excluding tert-OH is 1. The Labute approximate surface area is 146 Å². The lowest BCUT2D eigenvalue weighted by molar-refractivity contribution is -0.128. The Morgan fingerprint density at radius 2 is 2.25 bits per heavy atom. The van der Waals surface area contributed by atoms with Crippen LogP contribution in [0.25, 0.3) is 10.2 Å². The third kappa shape index (κ3) is 3.10. The Morgan fingerprint density at radius 1 is 1.42 bits per heavy atom. The molecule has 130 valence electrons. The molecule has 1 aromatic heterocycles. The maximum absolute atomic E-state index is 9.96. The van der Waals surface area contributed by atoms with Gasteiger partial charge in [0.15, 0.2) is 5.13 Å². The van der Waals surface area contributed by atoms with Crippen LogP contribution in [0.4, 0.5) is 5.13 Å². The van der Waals surface area contributed by atoms with Crippen LogP contribution in [0.1, 0.15) is 32.6 Å². The molecule has 0 bridgehead atoms. The molecule has 6 heteroatoms. The molecule has 24 heavy (non-hydrogen) atoms. The zero-order valence-electron chi connectivity index (χ0n) is 14.0. The van der Waals surface area contributed by atoms with E-state index in [1.165, 1.54) is 4.70 Å². The first kappa shape index (κ1) is 16.1. The predicted octanol–water partition coefficient (Wildman–Crippen LogP) is 3.21. The molecule has 1 unspecified atom stereocenters. The van der Waals surface area contributed by atoms with Gasteiger partial charge in [-0.3, -0.25) is 0 Å². The highest BCUT2D eigenvalue weighted by molar-refractivity contribution is 7.22. The molecule has 2 aliphatic rings. The minimum absolute atomic E-state index is 0.118. The van der Waals surface area contributed by atoms with E-state index in [0.29, 0.717) is 13.2 Å². The van der Waals surface area contributed by atoms with Crippen molar-refractivity contribution in [3.8, 4) is 5.75 Å². The van der Waals surface area contributed by atoms with Crippen LogP contribution in [0.15, 0.2) is 18.2 Å². The summed E-state index contributed by atoms with van der Waals surface area (Å²) < 4.78 is 12.8. The molecule has 2 aliphatic heterocycles. The molecule has 0 radical (unpaired) electrons. The molecule has 1 aromatic carbocycles. The molecular weight excluding hydrogens is 324 g/mol. The van der Waals surface area contributed by atoms with Crippen LogP contribution in [0.5, 0.6) is 5.75 Å². The fourth-order valence-corrected chi connectivity index (χ4v) is 4.79. The Balaban J connectivity index is 1.48. The summed E-state index contributed by atoms with van der Waals surface area (Å²) in [5, 5.41) is 11.0. The van der Waals surface area contributed by atoms with Gasteiger partial charge in [0.25, 0.3) is 0 Å². The van der Waals surface area contributed by atoms with Gasteiger partial charge < -0.3 is 19.5 Å². The summed E-state index contributed by atoms with van der Waals surface area (Å²) in [7, 11) is 0. The minimum atomic E-state index is -0.204. The molecule has 1 atom stereocenters. The summed E-state index contributed by atoms with van der Waals surface area (Å²) in [6.45, 7) is 5.23. The highest BCUT2D eigenvalue weighted by Crippen LogP contribution is 2.38. The summed E-state index contributed by atoms with van der Waals surface area (Å²) in [6, 6.07) is 6.09. The van der Waals surface area contributed by atoms with Crippen LogP contribution >= 0.6 is 11.3 Å². The van der Waals surface area contributed by atoms with E-state index >= 15 is 0 Å². The maximum Gasteiger partial charge on any atom is 0.186 e. The first-order valence-corrected chi connectivity index (χ1v) is 9.59. The van der Waals surface area contributed by atoms with Crippen molar-refractivity contribution in [2.75, 3.05) is 31.2 Å². The van der Waals surface area contributed by atoms with Crippen LogP contribution < -0.4 is 9.64 Å². The quantitative estimate of drug-likeness (QED) is 0.923. The van der Waals surface area contributed by atoms with Crippen molar-refractivity contribution in [3.05, 3.63) is 18.2 Å². The topological polar surface area (TPSA) is 54.8 Å². The molecule has 2 saturated heterocycles. The van der Waals surface area contributed by atoms with Crippen LogP contribution in [0.2, 0.25) is 0 Å². The second-order valence-corrected chi connectivity index (χ2v) is 7.73. The van der Waals surface area contributed by atoms with Crippen LogP contribution in [-0.4, -0.2) is 48.1 Å². The number of rotatable bonds is 3. The van der Waals surface area contributed by atoms with Gasteiger partial charge in [0.05, 0.1) is 28.5 Å². The number of thiazole rings is 1. The van der Waals surface area contributed by atoms with E-state index in [9.17, 15) is 5.11 Å². The number of benzene rings is 1. The zero-order chi connectivity index (χ0) is 16.6. The number of hydrogen-bond acceptors (Lipinski definition) is 6. The molecule has 5 nitrogen and oxygen atoms in total. The maximum atomic E-state index is 9.96. The van der Waals surface area contributed by atoms with Crippen molar-refractivity contribution >= 4 is 26.7 Å². The van der Waals surface area contributed by atoms with E-state index in [1.807, 2.05) is 19.1 Å². The van der Waals surface area contributed by atoms with Crippen LogP contribution in [0.3, 0.4) is 0 Å². The SMILES string of the molecule is CCOc1ccc2nc(N3CCC4(CC3)CC(O)CCO4)sc2c1. The number of ether oxygens (including phenoxy) is 2. The van der Waals surface area contributed by atoms with Gasteiger partial charge in [-0.05, 0) is 44.4 Å². The van der Waals surface area contributed by atoms with E-state index in [-0.39, 0.29) is 11.7 Å². The predicted molar refractivity (Wildman–Crippen MR) is 96.2 cm³/mol. The van der Waals surface area contributed by atoms with Gasteiger partial charge in [-0.15, -0.1) is 0 Å².